The van der Waals surface area contributed by atoms with Crippen molar-refractivity contribution < 1.29 is 9.47 Å². The molecule has 1 fully saturated rings. The number of benzene rings is 2. The number of thiocarbonyl (C=S) groups is 1. The molecule has 0 aromatic heterocycles. The summed E-state index contributed by atoms with van der Waals surface area (Å²) < 4.78 is 11.2. The Morgan fingerprint density at radius 2 is 1.89 bits per heavy atom. The molecule has 27 heavy (non-hydrogen) atoms. The zero-order valence-electron chi connectivity index (χ0n) is 15.8. The molecule has 142 valence electrons. The average Bonchev–Trinajstić information content (AvgIpc) is 2.67. The minimum Gasteiger partial charge on any atom is -0.486 e. The Balaban J connectivity index is 1.39. The van der Waals surface area contributed by atoms with E-state index in [4.69, 9.17) is 21.7 Å². The largest absolute Gasteiger partial charge is 0.486 e. The van der Waals surface area contributed by atoms with Crippen molar-refractivity contribution in [2.75, 3.05) is 43.1 Å². The predicted molar refractivity (Wildman–Crippen MR) is 113 cm³/mol. The fourth-order valence-corrected chi connectivity index (χ4v) is 3.94. The lowest BCUT2D eigenvalue weighted by Crippen LogP contribution is -2.54. The van der Waals surface area contributed by atoms with Gasteiger partial charge in [0.25, 0.3) is 0 Å². The van der Waals surface area contributed by atoms with Gasteiger partial charge in [0.2, 0.25) is 0 Å². The van der Waals surface area contributed by atoms with Crippen LogP contribution in [-0.2, 0) is 0 Å². The Morgan fingerprint density at radius 1 is 1.07 bits per heavy atom. The van der Waals surface area contributed by atoms with Crippen LogP contribution in [0.1, 0.15) is 12.5 Å². The maximum absolute atomic E-state index is 5.66. The molecular formula is C21H25N3O2S. The lowest BCUT2D eigenvalue weighted by atomic mass is 10.1. The second-order valence-electron chi connectivity index (χ2n) is 7.12. The normalized spacial score (nSPS) is 19.0. The van der Waals surface area contributed by atoms with Crippen LogP contribution in [0, 0.1) is 6.92 Å². The van der Waals surface area contributed by atoms with Gasteiger partial charge >= 0.3 is 0 Å². The van der Waals surface area contributed by atoms with Gasteiger partial charge in [-0.3, -0.25) is 0 Å². The number of nitrogens with one attached hydrogen (secondary N) is 1. The highest BCUT2D eigenvalue weighted by atomic mass is 32.1. The number of ether oxygens (including phenoxy) is 2. The van der Waals surface area contributed by atoms with Crippen molar-refractivity contribution in [2.24, 2.45) is 0 Å². The fraction of sp³-hybridized carbons (Fsp3) is 0.381. The number of hydrogen-bond acceptors (Lipinski definition) is 4. The van der Waals surface area contributed by atoms with E-state index in [0.717, 1.165) is 41.9 Å². The zero-order valence-corrected chi connectivity index (χ0v) is 16.6. The van der Waals surface area contributed by atoms with Gasteiger partial charge in [-0.15, -0.1) is 0 Å². The van der Waals surface area contributed by atoms with Gasteiger partial charge in [0.1, 0.15) is 13.2 Å². The molecule has 1 N–H and O–H groups in total. The number of hydrogen-bond donors (Lipinski definition) is 1. The number of fused-ring (bicyclic) bond motifs is 1. The SMILES string of the molecule is Cc1cccc(N2CCN(C(=S)Nc3ccc4c(c3)OCCO4)C[C@H]2C)c1. The van der Waals surface area contributed by atoms with Gasteiger partial charge in [-0.05, 0) is 55.9 Å². The summed E-state index contributed by atoms with van der Waals surface area (Å²) in [6.45, 7) is 8.31. The Morgan fingerprint density at radius 3 is 2.67 bits per heavy atom. The van der Waals surface area contributed by atoms with Crippen LogP contribution < -0.4 is 19.7 Å². The van der Waals surface area contributed by atoms with Crippen molar-refractivity contribution in [3.63, 3.8) is 0 Å². The Hall–Kier alpha value is -2.47. The highest BCUT2D eigenvalue weighted by molar-refractivity contribution is 7.80. The topological polar surface area (TPSA) is 37.0 Å². The second-order valence-corrected chi connectivity index (χ2v) is 7.50. The number of nitrogens with zero attached hydrogens (tertiary/aromatic N) is 2. The summed E-state index contributed by atoms with van der Waals surface area (Å²) >= 11 is 5.66. The molecule has 0 saturated carbocycles. The van der Waals surface area contributed by atoms with E-state index in [9.17, 15) is 0 Å². The molecule has 0 amide bonds. The van der Waals surface area contributed by atoms with E-state index in [-0.39, 0.29) is 0 Å². The molecular weight excluding hydrogens is 358 g/mol. The number of rotatable bonds is 2. The average molecular weight is 384 g/mol. The predicted octanol–water partition coefficient (Wildman–Crippen LogP) is 3.67. The maximum Gasteiger partial charge on any atom is 0.173 e. The van der Waals surface area contributed by atoms with Crippen LogP contribution in [0.15, 0.2) is 42.5 Å². The van der Waals surface area contributed by atoms with E-state index >= 15 is 0 Å². The van der Waals surface area contributed by atoms with E-state index in [1.165, 1.54) is 11.3 Å². The first-order valence-corrected chi connectivity index (χ1v) is 9.80. The summed E-state index contributed by atoms with van der Waals surface area (Å²) in [5.41, 5.74) is 3.50. The highest BCUT2D eigenvalue weighted by Gasteiger charge is 2.25. The Bertz CT molecular complexity index is 842. The Labute approximate surface area is 165 Å². The van der Waals surface area contributed by atoms with E-state index in [2.05, 4.69) is 53.2 Å². The van der Waals surface area contributed by atoms with Crippen molar-refractivity contribution in [3.8, 4) is 11.5 Å². The van der Waals surface area contributed by atoms with E-state index < -0.39 is 0 Å². The fourth-order valence-electron chi connectivity index (χ4n) is 3.66. The van der Waals surface area contributed by atoms with Crippen molar-refractivity contribution >= 4 is 28.7 Å². The van der Waals surface area contributed by atoms with Gasteiger partial charge < -0.3 is 24.6 Å². The lowest BCUT2D eigenvalue weighted by molar-refractivity contribution is 0.171. The number of aryl methyl sites for hydroxylation is 1. The first-order chi connectivity index (χ1) is 13.1. The molecule has 2 heterocycles. The van der Waals surface area contributed by atoms with Gasteiger partial charge in [0.15, 0.2) is 16.6 Å². The first-order valence-electron chi connectivity index (χ1n) is 9.39. The van der Waals surface area contributed by atoms with Crippen LogP contribution >= 0.6 is 12.2 Å². The molecule has 0 spiro atoms. The number of piperazine rings is 1. The van der Waals surface area contributed by atoms with Crippen LogP contribution in [0.3, 0.4) is 0 Å². The first kappa shape index (κ1) is 17.9. The van der Waals surface area contributed by atoms with Gasteiger partial charge in [0.05, 0.1) is 0 Å². The molecule has 4 rings (SSSR count). The van der Waals surface area contributed by atoms with Crippen LogP contribution in [0.5, 0.6) is 11.5 Å². The van der Waals surface area contributed by atoms with Crippen LogP contribution in [-0.4, -0.2) is 48.9 Å². The van der Waals surface area contributed by atoms with Crippen LogP contribution in [0.2, 0.25) is 0 Å². The quantitative estimate of drug-likeness (QED) is 0.798. The summed E-state index contributed by atoms with van der Waals surface area (Å²) in [7, 11) is 0. The minimum absolute atomic E-state index is 0.389. The highest BCUT2D eigenvalue weighted by Crippen LogP contribution is 2.32. The van der Waals surface area contributed by atoms with E-state index in [1.54, 1.807) is 0 Å². The van der Waals surface area contributed by atoms with Crippen molar-refractivity contribution in [1.82, 2.24) is 4.90 Å². The van der Waals surface area contributed by atoms with Crippen LogP contribution in [0.4, 0.5) is 11.4 Å². The van der Waals surface area contributed by atoms with Gasteiger partial charge in [-0.25, -0.2) is 0 Å². The van der Waals surface area contributed by atoms with Gasteiger partial charge in [-0.2, -0.15) is 0 Å². The number of anilines is 2. The molecule has 5 nitrogen and oxygen atoms in total. The molecule has 0 bridgehead atoms. The third-order valence-corrected chi connectivity index (χ3v) is 5.40. The molecule has 1 saturated heterocycles. The van der Waals surface area contributed by atoms with E-state index in [0.29, 0.717) is 19.3 Å². The van der Waals surface area contributed by atoms with Gasteiger partial charge in [0, 0.05) is 43.1 Å². The summed E-state index contributed by atoms with van der Waals surface area (Å²) in [4.78, 5) is 4.69. The smallest absolute Gasteiger partial charge is 0.173 e. The van der Waals surface area contributed by atoms with Gasteiger partial charge in [-0.1, -0.05) is 12.1 Å². The summed E-state index contributed by atoms with van der Waals surface area (Å²) in [5, 5.41) is 4.10. The molecule has 0 radical (unpaired) electrons. The monoisotopic (exact) mass is 383 g/mol. The second kappa shape index (κ2) is 7.64. The molecule has 1 atom stereocenters. The Kier molecular flexibility index (Phi) is 5.07. The molecule has 2 aromatic carbocycles. The molecule has 2 aliphatic rings. The zero-order chi connectivity index (χ0) is 18.8. The molecule has 2 aliphatic heterocycles. The van der Waals surface area contributed by atoms with Crippen molar-refractivity contribution in [2.45, 2.75) is 19.9 Å². The molecule has 0 aliphatic carbocycles. The standard InChI is InChI=1S/C21H25N3O2S/c1-15-4-3-5-18(12-15)24-9-8-23(14-16(24)2)21(27)22-17-6-7-19-20(13-17)26-11-10-25-19/h3-7,12-13,16H,8-11,14H2,1-2H3,(H,22,27)/t16-/m1/s1. The summed E-state index contributed by atoms with van der Waals surface area (Å²) in [5.74, 6) is 1.56. The van der Waals surface area contributed by atoms with Crippen LogP contribution in [0.25, 0.3) is 0 Å². The molecule has 2 aromatic rings. The third-order valence-electron chi connectivity index (χ3n) is 5.04. The molecule has 0 unspecified atom stereocenters. The summed E-state index contributed by atoms with van der Waals surface area (Å²) in [6.07, 6.45) is 0. The lowest BCUT2D eigenvalue weighted by Gasteiger charge is -2.42. The molecule has 6 heteroatoms. The van der Waals surface area contributed by atoms with Crippen molar-refractivity contribution in [1.29, 1.82) is 0 Å². The van der Waals surface area contributed by atoms with Crippen molar-refractivity contribution in [3.05, 3.63) is 48.0 Å². The minimum atomic E-state index is 0.389. The summed E-state index contributed by atoms with van der Waals surface area (Å²) in [6, 6.07) is 14.9. The third kappa shape index (κ3) is 3.95. The van der Waals surface area contributed by atoms with E-state index in [1.807, 2.05) is 18.2 Å². The maximum atomic E-state index is 5.66.